The van der Waals surface area contributed by atoms with Crippen LogP contribution in [-0.4, -0.2) is 43.2 Å². The van der Waals surface area contributed by atoms with Gasteiger partial charge in [0.1, 0.15) is 0 Å². The maximum absolute atomic E-state index is 13.1. The van der Waals surface area contributed by atoms with Gasteiger partial charge >= 0.3 is 0 Å². The van der Waals surface area contributed by atoms with E-state index in [1.54, 1.807) is 0 Å². The van der Waals surface area contributed by atoms with Crippen molar-refractivity contribution in [1.82, 2.24) is 4.90 Å². The van der Waals surface area contributed by atoms with Crippen LogP contribution in [0.5, 0.6) is 0 Å². The minimum Gasteiger partial charge on any atom is -0.373 e. The minimum atomic E-state index is -1.58. The van der Waals surface area contributed by atoms with Crippen LogP contribution in [-0.2, 0) is 4.74 Å². The molecular formula is C12H14ClF3N2O2. The molecule has 8 heteroatoms. The van der Waals surface area contributed by atoms with Gasteiger partial charge in [-0.15, -0.1) is 12.4 Å². The van der Waals surface area contributed by atoms with Gasteiger partial charge in [-0.1, -0.05) is 0 Å². The van der Waals surface area contributed by atoms with Crippen molar-refractivity contribution in [2.45, 2.75) is 6.10 Å². The van der Waals surface area contributed by atoms with Crippen LogP contribution in [0.15, 0.2) is 12.1 Å². The van der Waals surface area contributed by atoms with E-state index in [1.807, 2.05) is 0 Å². The Bertz CT molecular complexity index is 479. The van der Waals surface area contributed by atoms with Gasteiger partial charge in [0.2, 0.25) is 0 Å². The number of carbonyl (C=O) groups excluding carboxylic acids is 1. The number of halogens is 4. The molecule has 0 aliphatic carbocycles. The molecule has 0 saturated carbocycles. The highest BCUT2D eigenvalue weighted by atomic mass is 35.5. The van der Waals surface area contributed by atoms with E-state index in [-0.39, 0.29) is 37.2 Å². The number of amides is 1. The van der Waals surface area contributed by atoms with Crippen LogP contribution < -0.4 is 5.73 Å². The number of benzene rings is 1. The third kappa shape index (κ3) is 3.41. The fourth-order valence-corrected chi connectivity index (χ4v) is 1.91. The number of carbonyl (C=O) groups is 1. The number of hydrogen-bond acceptors (Lipinski definition) is 3. The molecule has 1 aliphatic rings. The Balaban J connectivity index is 0.00000200. The Morgan fingerprint density at radius 2 is 1.95 bits per heavy atom. The molecule has 1 aromatic rings. The molecule has 0 bridgehead atoms. The van der Waals surface area contributed by atoms with Gasteiger partial charge in [-0.05, 0) is 12.1 Å². The Morgan fingerprint density at radius 3 is 2.50 bits per heavy atom. The molecule has 112 valence electrons. The smallest absolute Gasteiger partial charge is 0.254 e. The van der Waals surface area contributed by atoms with Crippen LogP contribution in [0.3, 0.4) is 0 Å². The highest BCUT2D eigenvalue weighted by Gasteiger charge is 2.25. The van der Waals surface area contributed by atoms with Crippen molar-refractivity contribution in [1.29, 1.82) is 0 Å². The molecule has 1 atom stereocenters. The lowest BCUT2D eigenvalue weighted by molar-refractivity contribution is -0.0167. The van der Waals surface area contributed by atoms with E-state index in [0.717, 1.165) is 0 Å². The SMILES string of the molecule is Cl.NCC1CN(C(=O)c2cc(F)c(F)c(F)c2)CCO1. The summed E-state index contributed by atoms with van der Waals surface area (Å²) in [5.74, 6) is -4.92. The Hall–Kier alpha value is -1.31. The van der Waals surface area contributed by atoms with E-state index >= 15 is 0 Å². The molecule has 2 rings (SSSR count). The van der Waals surface area contributed by atoms with Crippen LogP contribution in [0, 0.1) is 17.5 Å². The molecule has 1 heterocycles. The van der Waals surface area contributed by atoms with E-state index in [1.165, 1.54) is 4.90 Å². The molecule has 0 spiro atoms. The predicted octanol–water partition coefficient (Wildman–Crippen LogP) is 1.33. The van der Waals surface area contributed by atoms with E-state index in [4.69, 9.17) is 10.5 Å². The fraction of sp³-hybridized carbons (Fsp3) is 0.417. The van der Waals surface area contributed by atoms with Crippen LogP contribution in [0.1, 0.15) is 10.4 Å². The van der Waals surface area contributed by atoms with Gasteiger partial charge in [-0.25, -0.2) is 13.2 Å². The average molecular weight is 311 g/mol. The van der Waals surface area contributed by atoms with Gasteiger partial charge in [0.25, 0.3) is 5.91 Å². The summed E-state index contributed by atoms with van der Waals surface area (Å²) < 4.78 is 44.3. The van der Waals surface area contributed by atoms with E-state index in [9.17, 15) is 18.0 Å². The van der Waals surface area contributed by atoms with Gasteiger partial charge in [0.15, 0.2) is 17.5 Å². The zero-order chi connectivity index (χ0) is 14.0. The van der Waals surface area contributed by atoms with E-state index in [2.05, 4.69) is 0 Å². The number of rotatable bonds is 2. The minimum absolute atomic E-state index is 0. The van der Waals surface area contributed by atoms with Gasteiger partial charge in [0, 0.05) is 25.2 Å². The van der Waals surface area contributed by atoms with Crippen molar-refractivity contribution in [2.75, 3.05) is 26.2 Å². The van der Waals surface area contributed by atoms with Crippen LogP contribution in [0.2, 0.25) is 0 Å². The monoisotopic (exact) mass is 310 g/mol. The van der Waals surface area contributed by atoms with Gasteiger partial charge in [-0.3, -0.25) is 4.79 Å². The third-order valence-corrected chi connectivity index (χ3v) is 2.92. The summed E-state index contributed by atoms with van der Waals surface area (Å²) in [7, 11) is 0. The second-order valence-corrected chi connectivity index (χ2v) is 4.23. The largest absolute Gasteiger partial charge is 0.373 e. The molecule has 0 radical (unpaired) electrons. The summed E-state index contributed by atoms with van der Waals surface area (Å²) >= 11 is 0. The number of nitrogens with zero attached hydrogens (tertiary/aromatic N) is 1. The normalized spacial score (nSPS) is 18.6. The molecule has 1 unspecified atom stereocenters. The van der Waals surface area contributed by atoms with Gasteiger partial charge < -0.3 is 15.4 Å². The first-order chi connectivity index (χ1) is 9.02. The standard InChI is InChI=1S/C12H13F3N2O2.ClH/c13-9-3-7(4-10(14)11(9)15)12(18)17-1-2-19-8(5-16)6-17;/h3-4,8H,1-2,5-6,16H2;1H. The summed E-state index contributed by atoms with van der Waals surface area (Å²) in [5.41, 5.74) is 5.21. The number of morpholine rings is 1. The second-order valence-electron chi connectivity index (χ2n) is 4.23. The summed E-state index contributed by atoms with van der Waals surface area (Å²) in [6.45, 7) is 1.10. The first kappa shape index (κ1) is 16.7. The lowest BCUT2D eigenvalue weighted by Crippen LogP contribution is -2.48. The number of nitrogens with two attached hydrogens (primary N) is 1. The molecule has 20 heavy (non-hydrogen) atoms. The first-order valence-electron chi connectivity index (χ1n) is 5.78. The van der Waals surface area contributed by atoms with Crippen molar-refractivity contribution in [3.05, 3.63) is 35.1 Å². The molecule has 2 N–H and O–H groups in total. The lowest BCUT2D eigenvalue weighted by Gasteiger charge is -2.32. The molecule has 1 aromatic carbocycles. The summed E-state index contributed by atoms with van der Waals surface area (Å²) in [6.07, 6.45) is -0.298. The van der Waals surface area contributed by atoms with Crippen LogP contribution in [0.4, 0.5) is 13.2 Å². The molecule has 1 saturated heterocycles. The fourth-order valence-electron chi connectivity index (χ4n) is 1.91. The van der Waals surface area contributed by atoms with Gasteiger partial charge in [-0.2, -0.15) is 0 Å². The van der Waals surface area contributed by atoms with Crippen LogP contribution in [0.25, 0.3) is 0 Å². The maximum atomic E-state index is 13.1. The zero-order valence-corrected chi connectivity index (χ0v) is 11.3. The highest BCUT2D eigenvalue weighted by Crippen LogP contribution is 2.16. The predicted molar refractivity (Wildman–Crippen MR) is 68.3 cm³/mol. The van der Waals surface area contributed by atoms with Crippen molar-refractivity contribution < 1.29 is 22.7 Å². The van der Waals surface area contributed by atoms with Crippen molar-refractivity contribution in [3.63, 3.8) is 0 Å². The van der Waals surface area contributed by atoms with E-state index < -0.39 is 23.4 Å². The second kappa shape index (κ2) is 6.92. The van der Waals surface area contributed by atoms with Gasteiger partial charge in [0.05, 0.1) is 12.7 Å². The highest BCUT2D eigenvalue weighted by molar-refractivity contribution is 5.94. The average Bonchev–Trinajstić information content (AvgIpc) is 2.43. The lowest BCUT2D eigenvalue weighted by atomic mass is 10.1. The third-order valence-electron chi connectivity index (χ3n) is 2.92. The number of ether oxygens (including phenoxy) is 1. The summed E-state index contributed by atoms with van der Waals surface area (Å²) in [4.78, 5) is 13.4. The first-order valence-corrected chi connectivity index (χ1v) is 5.78. The Morgan fingerprint density at radius 1 is 1.35 bits per heavy atom. The molecular weight excluding hydrogens is 297 g/mol. The maximum Gasteiger partial charge on any atom is 0.254 e. The van der Waals surface area contributed by atoms with Crippen molar-refractivity contribution in [2.24, 2.45) is 5.73 Å². The molecule has 1 aliphatic heterocycles. The summed E-state index contributed by atoms with van der Waals surface area (Å²) in [6, 6.07) is 1.38. The van der Waals surface area contributed by atoms with Crippen molar-refractivity contribution in [3.8, 4) is 0 Å². The molecule has 0 aromatic heterocycles. The molecule has 1 amide bonds. The summed E-state index contributed by atoms with van der Waals surface area (Å²) in [5, 5.41) is 0. The zero-order valence-electron chi connectivity index (χ0n) is 10.4. The van der Waals surface area contributed by atoms with Crippen molar-refractivity contribution >= 4 is 18.3 Å². The topological polar surface area (TPSA) is 55.6 Å². The molecule has 4 nitrogen and oxygen atoms in total. The number of hydrogen-bond donors (Lipinski definition) is 1. The van der Waals surface area contributed by atoms with E-state index in [0.29, 0.717) is 25.3 Å². The molecule has 1 fully saturated rings. The van der Waals surface area contributed by atoms with Crippen LogP contribution >= 0.6 is 12.4 Å². The quantitative estimate of drug-likeness (QED) is 0.838. The Kier molecular flexibility index (Phi) is 5.79. The Labute approximate surface area is 120 Å².